The lowest BCUT2D eigenvalue weighted by atomic mass is 10.2. The van der Waals surface area contributed by atoms with Crippen LogP contribution in [0.25, 0.3) is 0 Å². The number of ether oxygens (including phenoxy) is 2. The maximum absolute atomic E-state index is 11.3. The van der Waals surface area contributed by atoms with E-state index in [1.807, 2.05) is 0 Å². The van der Waals surface area contributed by atoms with E-state index in [9.17, 15) is 9.59 Å². The molecule has 2 amide bonds. The van der Waals surface area contributed by atoms with Gasteiger partial charge in [0.15, 0.2) is 12.2 Å². The molecular weight excluding hydrogens is 212 g/mol. The van der Waals surface area contributed by atoms with Crippen LogP contribution in [0.2, 0.25) is 0 Å². The summed E-state index contributed by atoms with van der Waals surface area (Å²) in [6, 6.07) is 0. The molecule has 6 nitrogen and oxygen atoms in total. The summed E-state index contributed by atoms with van der Waals surface area (Å²) in [5.74, 6) is -0.952. The Hall–Kier alpha value is -1.50. The standard InChI is InChI=1S/C10H13NO4.H3N/c1-3-5-14-7-8(15-6-4-2)10(13)11-9(7)12;/h3-4,7-8H,1-2,5-6H2,(H,11,12,13);1H3. The molecule has 6 heteroatoms. The van der Waals surface area contributed by atoms with Crippen molar-refractivity contribution in [2.45, 2.75) is 12.2 Å². The Morgan fingerprint density at radius 2 is 1.44 bits per heavy atom. The summed E-state index contributed by atoms with van der Waals surface area (Å²) in [5.41, 5.74) is 0. The van der Waals surface area contributed by atoms with Crippen LogP contribution in [0, 0.1) is 0 Å². The second-order valence-electron chi connectivity index (χ2n) is 2.94. The van der Waals surface area contributed by atoms with Crippen molar-refractivity contribution in [1.29, 1.82) is 0 Å². The average molecular weight is 228 g/mol. The van der Waals surface area contributed by atoms with Gasteiger partial charge in [0.05, 0.1) is 13.2 Å². The molecule has 0 bridgehead atoms. The molecule has 1 fully saturated rings. The predicted molar refractivity (Wildman–Crippen MR) is 58.0 cm³/mol. The average Bonchev–Trinajstić information content (AvgIpc) is 2.47. The zero-order valence-corrected chi connectivity index (χ0v) is 8.98. The molecule has 0 aromatic carbocycles. The Labute approximate surface area is 93.9 Å². The van der Waals surface area contributed by atoms with Gasteiger partial charge in [-0.2, -0.15) is 0 Å². The molecule has 4 N–H and O–H groups in total. The van der Waals surface area contributed by atoms with Gasteiger partial charge in [0, 0.05) is 0 Å². The van der Waals surface area contributed by atoms with Crippen LogP contribution in [0.3, 0.4) is 0 Å². The summed E-state index contributed by atoms with van der Waals surface area (Å²) in [4.78, 5) is 22.5. The van der Waals surface area contributed by atoms with Crippen LogP contribution >= 0.6 is 0 Å². The minimum Gasteiger partial charge on any atom is -0.361 e. The molecule has 0 radical (unpaired) electrons. The van der Waals surface area contributed by atoms with E-state index in [2.05, 4.69) is 18.5 Å². The van der Waals surface area contributed by atoms with E-state index in [1.165, 1.54) is 12.2 Å². The summed E-state index contributed by atoms with van der Waals surface area (Å²) in [6.45, 7) is 7.30. The molecule has 0 aliphatic carbocycles. The highest BCUT2D eigenvalue weighted by Gasteiger charge is 2.43. The quantitative estimate of drug-likeness (QED) is 0.490. The van der Waals surface area contributed by atoms with Gasteiger partial charge in [0.1, 0.15) is 0 Å². The first kappa shape index (κ1) is 14.5. The maximum atomic E-state index is 11.3. The van der Waals surface area contributed by atoms with Crippen molar-refractivity contribution >= 4 is 11.8 Å². The molecular formula is C10H16N2O4. The topological polar surface area (TPSA) is 99.6 Å². The molecule has 1 heterocycles. The minimum absolute atomic E-state index is 0. The van der Waals surface area contributed by atoms with E-state index in [1.54, 1.807) is 0 Å². The largest absolute Gasteiger partial charge is 0.361 e. The Kier molecular flexibility index (Phi) is 6.24. The fourth-order valence-electron chi connectivity index (χ4n) is 1.21. The van der Waals surface area contributed by atoms with Crippen LogP contribution in [0.4, 0.5) is 0 Å². The van der Waals surface area contributed by atoms with Crippen molar-refractivity contribution in [3.05, 3.63) is 25.3 Å². The van der Waals surface area contributed by atoms with Gasteiger partial charge < -0.3 is 15.6 Å². The zero-order valence-electron chi connectivity index (χ0n) is 8.98. The number of imide groups is 1. The summed E-state index contributed by atoms with van der Waals surface area (Å²) in [7, 11) is 0. The molecule has 1 saturated heterocycles. The van der Waals surface area contributed by atoms with Crippen molar-refractivity contribution in [3.8, 4) is 0 Å². The number of nitrogens with one attached hydrogen (secondary N) is 1. The minimum atomic E-state index is -0.893. The highest BCUT2D eigenvalue weighted by molar-refractivity contribution is 6.08. The fourth-order valence-corrected chi connectivity index (χ4v) is 1.21. The Morgan fingerprint density at radius 3 is 1.75 bits per heavy atom. The van der Waals surface area contributed by atoms with Crippen molar-refractivity contribution in [1.82, 2.24) is 11.5 Å². The van der Waals surface area contributed by atoms with E-state index < -0.39 is 24.0 Å². The normalized spacial score (nSPS) is 23.5. The van der Waals surface area contributed by atoms with Crippen molar-refractivity contribution in [3.63, 3.8) is 0 Å². The molecule has 90 valence electrons. The van der Waals surface area contributed by atoms with Gasteiger partial charge in [0.25, 0.3) is 11.8 Å². The molecule has 0 spiro atoms. The second kappa shape index (κ2) is 6.89. The van der Waals surface area contributed by atoms with Gasteiger partial charge in [-0.15, -0.1) is 13.2 Å². The number of carbonyl (C=O) groups is 2. The number of rotatable bonds is 6. The van der Waals surface area contributed by atoms with Gasteiger partial charge >= 0.3 is 0 Å². The van der Waals surface area contributed by atoms with Crippen LogP contribution in [0.5, 0.6) is 0 Å². The molecule has 0 saturated carbocycles. The summed E-state index contributed by atoms with van der Waals surface area (Å²) < 4.78 is 10.3. The third-order valence-electron chi connectivity index (χ3n) is 1.83. The van der Waals surface area contributed by atoms with Crippen molar-refractivity contribution < 1.29 is 19.1 Å². The Morgan fingerprint density at radius 1 is 1.06 bits per heavy atom. The number of hydrogen-bond acceptors (Lipinski definition) is 5. The Balaban J connectivity index is 0.00000225. The lowest BCUT2D eigenvalue weighted by Crippen LogP contribution is -2.34. The SMILES string of the molecule is C=CCOC1C(=O)NC(=O)C1OCC=C.N. The van der Waals surface area contributed by atoms with Gasteiger partial charge in [-0.3, -0.25) is 14.9 Å². The first-order valence-electron chi connectivity index (χ1n) is 4.50. The number of hydrogen-bond donors (Lipinski definition) is 2. The third kappa shape index (κ3) is 3.27. The predicted octanol–water partition coefficient (Wildman–Crippen LogP) is -0.0528. The monoisotopic (exact) mass is 228 g/mol. The van der Waals surface area contributed by atoms with Gasteiger partial charge in [-0.25, -0.2) is 0 Å². The summed E-state index contributed by atoms with van der Waals surface area (Å²) in [6.07, 6.45) is 1.22. The van der Waals surface area contributed by atoms with Gasteiger partial charge in [0.2, 0.25) is 0 Å². The Bertz CT molecular complexity index is 263. The summed E-state index contributed by atoms with van der Waals surface area (Å²) >= 11 is 0. The van der Waals surface area contributed by atoms with E-state index in [4.69, 9.17) is 9.47 Å². The van der Waals surface area contributed by atoms with Gasteiger partial charge in [-0.05, 0) is 0 Å². The van der Waals surface area contributed by atoms with E-state index >= 15 is 0 Å². The lowest BCUT2D eigenvalue weighted by molar-refractivity contribution is -0.137. The van der Waals surface area contributed by atoms with Crippen LogP contribution in [0.1, 0.15) is 0 Å². The first-order valence-corrected chi connectivity index (χ1v) is 4.50. The first-order chi connectivity index (χ1) is 7.20. The van der Waals surface area contributed by atoms with Crippen LogP contribution in [-0.2, 0) is 19.1 Å². The van der Waals surface area contributed by atoms with Crippen LogP contribution in [-0.4, -0.2) is 37.2 Å². The molecule has 1 aliphatic rings. The van der Waals surface area contributed by atoms with Crippen molar-refractivity contribution in [2.24, 2.45) is 0 Å². The molecule has 0 aromatic rings. The van der Waals surface area contributed by atoms with Crippen LogP contribution < -0.4 is 11.5 Å². The van der Waals surface area contributed by atoms with Crippen molar-refractivity contribution in [2.75, 3.05) is 13.2 Å². The smallest absolute Gasteiger partial charge is 0.259 e. The maximum Gasteiger partial charge on any atom is 0.259 e. The lowest BCUT2D eigenvalue weighted by Gasteiger charge is -2.14. The molecule has 2 atom stereocenters. The second-order valence-corrected chi connectivity index (χ2v) is 2.94. The summed E-state index contributed by atoms with van der Waals surface area (Å²) in [5, 5.41) is 2.14. The number of carbonyl (C=O) groups excluding carboxylic acids is 2. The molecule has 16 heavy (non-hydrogen) atoms. The van der Waals surface area contributed by atoms with E-state index in [0.717, 1.165) is 0 Å². The molecule has 0 aromatic heterocycles. The highest BCUT2D eigenvalue weighted by Crippen LogP contribution is 2.12. The van der Waals surface area contributed by atoms with Crippen LogP contribution in [0.15, 0.2) is 25.3 Å². The fraction of sp³-hybridized carbons (Fsp3) is 0.400. The van der Waals surface area contributed by atoms with E-state index in [-0.39, 0.29) is 19.4 Å². The van der Waals surface area contributed by atoms with Gasteiger partial charge in [-0.1, -0.05) is 12.2 Å². The number of amides is 2. The third-order valence-corrected chi connectivity index (χ3v) is 1.83. The molecule has 1 aliphatic heterocycles. The molecule has 2 unspecified atom stereocenters. The highest BCUT2D eigenvalue weighted by atomic mass is 16.5. The van der Waals surface area contributed by atoms with E-state index in [0.29, 0.717) is 0 Å². The molecule has 1 rings (SSSR count). The zero-order chi connectivity index (χ0) is 11.3.